The quantitative estimate of drug-likeness (QED) is 0.621. The monoisotopic (exact) mass is 319 g/mol. The molecule has 5 heteroatoms. The number of carbonyl (C=O) groups is 2. The number of piperidine rings is 1. The molecule has 22 heavy (non-hydrogen) atoms. The molecular formula is C17H18ClNO3. The van der Waals surface area contributed by atoms with E-state index in [2.05, 4.69) is 11.0 Å². The fourth-order valence-corrected chi connectivity index (χ4v) is 3.65. The van der Waals surface area contributed by atoms with Crippen LogP contribution in [0.3, 0.4) is 0 Å². The minimum Gasteiger partial charge on any atom is -0.465 e. The number of halogens is 1. The van der Waals surface area contributed by atoms with Crippen molar-refractivity contribution in [2.75, 3.05) is 20.2 Å². The summed E-state index contributed by atoms with van der Waals surface area (Å²) in [5.41, 5.74) is 2.22. The molecule has 0 spiro atoms. The van der Waals surface area contributed by atoms with E-state index in [0.29, 0.717) is 25.3 Å². The molecule has 0 N–H and O–H groups in total. The van der Waals surface area contributed by atoms with E-state index in [-0.39, 0.29) is 11.4 Å². The van der Waals surface area contributed by atoms with Crippen LogP contribution in [0.4, 0.5) is 0 Å². The topological polar surface area (TPSA) is 46.6 Å². The Morgan fingerprint density at radius 2 is 2.09 bits per heavy atom. The van der Waals surface area contributed by atoms with Crippen LogP contribution < -0.4 is 0 Å². The maximum absolute atomic E-state index is 12.0. The Bertz CT molecular complexity index is 653. The van der Waals surface area contributed by atoms with Crippen LogP contribution in [-0.2, 0) is 14.3 Å². The molecule has 0 aliphatic carbocycles. The third-order valence-electron chi connectivity index (χ3n) is 4.46. The summed E-state index contributed by atoms with van der Waals surface area (Å²) < 4.78 is 4.77. The number of rotatable bonds is 2. The molecule has 4 nitrogen and oxygen atoms in total. The van der Waals surface area contributed by atoms with Gasteiger partial charge in [-0.15, -0.1) is 0 Å². The van der Waals surface area contributed by atoms with E-state index in [1.807, 2.05) is 18.2 Å². The highest BCUT2D eigenvalue weighted by atomic mass is 35.5. The van der Waals surface area contributed by atoms with Gasteiger partial charge in [-0.3, -0.25) is 4.79 Å². The number of Topliss-reactive ketones (excluding diaryl/α,β-unsaturated/α-hetero) is 1. The first kappa shape index (κ1) is 15.1. The van der Waals surface area contributed by atoms with Gasteiger partial charge in [0.15, 0.2) is 5.78 Å². The first-order valence-electron chi connectivity index (χ1n) is 7.46. The average Bonchev–Trinajstić information content (AvgIpc) is 2.54. The number of methoxy groups -OCH3 is 1. The van der Waals surface area contributed by atoms with E-state index in [4.69, 9.17) is 16.3 Å². The van der Waals surface area contributed by atoms with Gasteiger partial charge in [0.05, 0.1) is 7.11 Å². The van der Waals surface area contributed by atoms with Crippen LogP contribution in [0.1, 0.15) is 30.7 Å². The first-order valence-corrected chi connectivity index (χ1v) is 7.83. The van der Waals surface area contributed by atoms with Crippen molar-refractivity contribution in [3.8, 4) is 0 Å². The van der Waals surface area contributed by atoms with Gasteiger partial charge in [-0.2, -0.15) is 0 Å². The minimum absolute atomic E-state index is 0.103. The summed E-state index contributed by atoms with van der Waals surface area (Å²) in [6.07, 6.45) is 1.94. The molecule has 1 aromatic carbocycles. The molecule has 0 radical (unpaired) electrons. The van der Waals surface area contributed by atoms with Crippen molar-refractivity contribution in [3.63, 3.8) is 0 Å². The summed E-state index contributed by atoms with van der Waals surface area (Å²) in [5.74, 6) is -0.292. The molecule has 1 aromatic rings. The fourth-order valence-electron chi connectivity index (χ4n) is 3.36. The van der Waals surface area contributed by atoms with Gasteiger partial charge in [-0.1, -0.05) is 29.8 Å². The number of nitrogens with zero attached hydrogens (tertiary/aromatic N) is 1. The highest BCUT2D eigenvalue weighted by molar-refractivity contribution is 6.31. The lowest BCUT2D eigenvalue weighted by Crippen LogP contribution is -2.41. The van der Waals surface area contributed by atoms with Gasteiger partial charge in [0.25, 0.3) is 0 Å². The second-order valence-electron chi connectivity index (χ2n) is 5.69. The molecule has 2 aliphatic rings. The third kappa shape index (κ3) is 2.63. The van der Waals surface area contributed by atoms with Crippen LogP contribution in [0.5, 0.6) is 0 Å². The van der Waals surface area contributed by atoms with Crippen LogP contribution in [0, 0.1) is 0 Å². The number of ketones is 1. The molecule has 1 atom stereocenters. The largest absolute Gasteiger partial charge is 0.465 e. The van der Waals surface area contributed by atoms with Crippen molar-refractivity contribution in [3.05, 3.63) is 46.1 Å². The summed E-state index contributed by atoms with van der Waals surface area (Å²) in [7, 11) is 1.32. The van der Waals surface area contributed by atoms with Crippen LogP contribution in [-0.4, -0.2) is 36.9 Å². The Hall–Kier alpha value is -1.81. The normalized spacial score (nSPS) is 21.6. The van der Waals surface area contributed by atoms with Gasteiger partial charge in [0.2, 0.25) is 0 Å². The second kappa shape index (κ2) is 6.13. The number of hydrogen-bond donors (Lipinski definition) is 0. The van der Waals surface area contributed by atoms with Crippen LogP contribution >= 0.6 is 11.6 Å². The number of fused-ring (bicyclic) bond motifs is 1. The molecule has 116 valence electrons. The predicted octanol–water partition coefficient (Wildman–Crippen LogP) is 2.92. The maximum Gasteiger partial charge on any atom is 0.343 e. The van der Waals surface area contributed by atoms with E-state index in [1.165, 1.54) is 7.11 Å². The molecule has 1 saturated heterocycles. The van der Waals surface area contributed by atoms with E-state index in [9.17, 15) is 9.59 Å². The van der Waals surface area contributed by atoms with Crippen molar-refractivity contribution in [2.24, 2.45) is 0 Å². The van der Waals surface area contributed by atoms with Gasteiger partial charge < -0.3 is 9.64 Å². The Kier molecular flexibility index (Phi) is 4.21. The number of ether oxygens (including phenoxy) is 1. The first-order chi connectivity index (χ1) is 10.6. The smallest absolute Gasteiger partial charge is 0.343 e. The highest BCUT2D eigenvalue weighted by Gasteiger charge is 2.35. The number of allylic oxidation sites excluding steroid dienone is 1. The predicted molar refractivity (Wildman–Crippen MR) is 83.7 cm³/mol. The summed E-state index contributed by atoms with van der Waals surface area (Å²) in [4.78, 5) is 26.1. The summed E-state index contributed by atoms with van der Waals surface area (Å²) >= 11 is 6.30. The molecule has 1 fully saturated rings. The molecule has 0 saturated carbocycles. The van der Waals surface area contributed by atoms with Crippen molar-refractivity contribution in [2.45, 2.75) is 25.2 Å². The molecule has 2 aliphatic heterocycles. The third-order valence-corrected chi connectivity index (χ3v) is 4.81. The molecule has 0 amide bonds. The Morgan fingerprint density at radius 1 is 1.32 bits per heavy atom. The van der Waals surface area contributed by atoms with Crippen molar-refractivity contribution in [1.82, 2.24) is 4.90 Å². The molecule has 0 aromatic heterocycles. The van der Waals surface area contributed by atoms with Crippen LogP contribution in [0.15, 0.2) is 35.5 Å². The number of carbonyl (C=O) groups excluding carboxylic acids is 2. The van der Waals surface area contributed by atoms with Crippen LogP contribution in [0.25, 0.3) is 0 Å². The lowest BCUT2D eigenvalue weighted by molar-refractivity contribution is -0.138. The number of esters is 1. The fraction of sp³-hybridized carbons (Fsp3) is 0.412. The van der Waals surface area contributed by atoms with Crippen molar-refractivity contribution < 1.29 is 14.3 Å². The summed E-state index contributed by atoms with van der Waals surface area (Å²) in [5, 5.41) is 0.779. The zero-order valence-electron chi connectivity index (χ0n) is 12.5. The van der Waals surface area contributed by atoms with E-state index in [0.717, 1.165) is 29.2 Å². The minimum atomic E-state index is -0.513. The van der Waals surface area contributed by atoms with E-state index in [1.54, 1.807) is 0 Å². The lowest BCUT2D eigenvalue weighted by Gasteiger charge is -2.40. The highest BCUT2D eigenvalue weighted by Crippen LogP contribution is 2.38. The Labute approximate surface area is 134 Å². The number of hydrogen-bond acceptors (Lipinski definition) is 4. The Balaban J connectivity index is 1.89. The van der Waals surface area contributed by atoms with Gasteiger partial charge in [-0.05, 0) is 24.5 Å². The zero-order valence-corrected chi connectivity index (χ0v) is 13.2. The molecule has 0 bridgehead atoms. The zero-order chi connectivity index (χ0) is 15.7. The molecule has 2 heterocycles. The summed E-state index contributed by atoms with van der Waals surface area (Å²) in [6, 6.07) is 7.88. The second-order valence-corrected chi connectivity index (χ2v) is 6.10. The van der Waals surface area contributed by atoms with Gasteiger partial charge in [-0.25, -0.2) is 4.79 Å². The SMILES string of the molecule is COC(=O)C1=C2CCC(c3ccccc3Cl)CN2CCC1=O. The van der Waals surface area contributed by atoms with E-state index >= 15 is 0 Å². The Morgan fingerprint density at radius 3 is 2.82 bits per heavy atom. The molecule has 3 rings (SSSR count). The summed E-state index contributed by atoms with van der Waals surface area (Å²) in [6.45, 7) is 1.45. The number of benzene rings is 1. The standard InChI is InChI=1S/C17H18ClNO3/c1-22-17(21)16-14-7-6-11(10-19(14)9-8-15(16)20)12-4-2-3-5-13(12)18/h2-5,11H,6-10H2,1H3. The average molecular weight is 320 g/mol. The van der Waals surface area contributed by atoms with E-state index < -0.39 is 5.97 Å². The van der Waals surface area contributed by atoms with Gasteiger partial charge in [0.1, 0.15) is 5.57 Å². The van der Waals surface area contributed by atoms with Gasteiger partial charge >= 0.3 is 5.97 Å². The molecule has 1 unspecified atom stereocenters. The maximum atomic E-state index is 12.0. The van der Waals surface area contributed by atoms with Crippen LogP contribution in [0.2, 0.25) is 5.02 Å². The van der Waals surface area contributed by atoms with Crippen molar-refractivity contribution >= 4 is 23.4 Å². The molecular weight excluding hydrogens is 302 g/mol. The van der Waals surface area contributed by atoms with Crippen molar-refractivity contribution in [1.29, 1.82) is 0 Å². The lowest BCUT2D eigenvalue weighted by atomic mass is 9.85. The van der Waals surface area contributed by atoms with Gasteiger partial charge in [0, 0.05) is 36.1 Å².